The Morgan fingerprint density at radius 3 is 2.94 bits per heavy atom. The number of nitrogens with zero attached hydrogens (tertiary/aromatic N) is 3. The number of benzene rings is 1. The molecule has 9 heteroatoms. The van der Waals surface area contributed by atoms with Gasteiger partial charge in [0, 0.05) is 4.90 Å². The summed E-state index contributed by atoms with van der Waals surface area (Å²) in [4.78, 5) is 12.0. The largest absolute Gasteiger partial charge is 0.365 e. The molecular weight excluding hydrogens is 357 g/mol. The summed E-state index contributed by atoms with van der Waals surface area (Å²) in [7, 11) is 5.08. The maximum Gasteiger partial charge on any atom is 0.365 e. The van der Waals surface area contributed by atoms with Crippen molar-refractivity contribution < 1.29 is 4.39 Å². The maximum absolute atomic E-state index is 12.8. The van der Waals surface area contributed by atoms with E-state index in [0.29, 0.717) is 14.2 Å². The number of rotatable bonds is 3. The molecule has 2 radical (unpaired) electrons. The van der Waals surface area contributed by atoms with Crippen LogP contribution in [0.3, 0.4) is 0 Å². The van der Waals surface area contributed by atoms with Crippen LogP contribution in [0, 0.1) is 3.57 Å². The first-order valence-corrected chi connectivity index (χ1v) is 6.41. The van der Waals surface area contributed by atoms with E-state index in [4.69, 9.17) is 7.85 Å². The Labute approximate surface area is 115 Å². The SMILES string of the molecule is [B]C(F)Sc1cccc(-n2nn[nH]c2=O)c1I. The van der Waals surface area contributed by atoms with Crippen molar-refractivity contribution in [2.45, 2.75) is 10.3 Å². The molecule has 0 fully saturated rings. The van der Waals surface area contributed by atoms with Gasteiger partial charge in [0.05, 0.1) is 9.26 Å². The van der Waals surface area contributed by atoms with E-state index in [0.717, 1.165) is 16.4 Å². The average Bonchev–Trinajstić information content (AvgIpc) is 2.67. The second-order valence-electron chi connectivity index (χ2n) is 2.98. The zero-order valence-corrected chi connectivity index (χ0v) is 11.3. The van der Waals surface area contributed by atoms with Gasteiger partial charge in [0.15, 0.2) is 0 Å². The highest BCUT2D eigenvalue weighted by atomic mass is 127. The van der Waals surface area contributed by atoms with Gasteiger partial charge in [-0.1, -0.05) is 17.8 Å². The van der Waals surface area contributed by atoms with Crippen molar-refractivity contribution in [2.75, 3.05) is 0 Å². The van der Waals surface area contributed by atoms with Gasteiger partial charge < -0.3 is 0 Å². The number of hydrogen-bond donors (Lipinski definition) is 1. The van der Waals surface area contributed by atoms with Crippen molar-refractivity contribution in [1.29, 1.82) is 0 Å². The summed E-state index contributed by atoms with van der Waals surface area (Å²) in [6.07, 6.45) is 0. The molecule has 0 saturated heterocycles. The third kappa shape index (κ3) is 2.71. The van der Waals surface area contributed by atoms with E-state index in [2.05, 4.69) is 15.5 Å². The Bertz CT molecular complexity index is 587. The van der Waals surface area contributed by atoms with E-state index in [9.17, 15) is 9.18 Å². The van der Waals surface area contributed by atoms with Gasteiger partial charge in [0.25, 0.3) is 0 Å². The molecule has 1 unspecified atom stereocenters. The second kappa shape index (κ2) is 5.21. The van der Waals surface area contributed by atoms with Crippen molar-refractivity contribution >= 4 is 42.2 Å². The summed E-state index contributed by atoms with van der Waals surface area (Å²) < 4.78 is 14.6. The van der Waals surface area contributed by atoms with Gasteiger partial charge in [-0.15, -0.1) is 0 Å². The second-order valence-corrected chi connectivity index (χ2v) is 5.18. The first-order valence-electron chi connectivity index (χ1n) is 4.45. The Morgan fingerprint density at radius 1 is 1.59 bits per heavy atom. The molecule has 0 aliphatic carbocycles. The molecule has 2 rings (SSSR count). The maximum atomic E-state index is 12.8. The molecule has 0 aliphatic heterocycles. The summed E-state index contributed by atoms with van der Waals surface area (Å²) in [5.41, 5.74) is 0.0876. The molecule has 5 nitrogen and oxygen atoms in total. The fourth-order valence-corrected chi connectivity index (χ4v) is 2.81. The fourth-order valence-electron chi connectivity index (χ4n) is 1.23. The Hall–Kier alpha value is -0.835. The molecule has 0 aliphatic rings. The topological polar surface area (TPSA) is 63.6 Å². The van der Waals surface area contributed by atoms with Crippen molar-refractivity contribution in [3.8, 4) is 5.69 Å². The van der Waals surface area contributed by atoms with Gasteiger partial charge in [0.2, 0.25) is 0 Å². The highest BCUT2D eigenvalue weighted by Gasteiger charge is 2.12. The third-order valence-electron chi connectivity index (χ3n) is 1.88. The van der Waals surface area contributed by atoms with Crippen molar-refractivity contribution in [3.05, 3.63) is 32.3 Å². The van der Waals surface area contributed by atoms with Crippen LogP contribution in [0.2, 0.25) is 0 Å². The smallest absolute Gasteiger partial charge is 0.247 e. The molecule has 1 heterocycles. The monoisotopic (exact) mass is 362 g/mol. The van der Waals surface area contributed by atoms with Gasteiger partial charge in [-0.05, 0) is 45.2 Å². The van der Waals surface area contributed by atoms with Crippen LogP contribution in [0.4, 0.5) is 4.39 Å². The summed E-state index contributed by atoms with van der Waals surface area (Å²) in [6, 6.07) is 5.11. The lowest BCUT2D eigenvalue weighted by molar-refractivity contribution is 0.560. The molecular formula is C8H5BFIN4OS. The number of thioether (sulfide) groups is 1. The van der Waals surface area contributed by atoms with Gasteiger partial charge in [0.1, 0.15) is 13.2 Å². The van der Waals surface area contributed by atoms with Crippen LogP contribution >= 0.6 is 34.4 Å². The summed E-state index contributed by atoms with van der Waals surface area (Å²) in [5.74, 6) is 0. The lowest BCUT2D eigenvalue weighted by Crippen LogP contribution is -2.17. The Kier molecular flexibility index (Phi) is 3.87. The van der Waals surface area contributed by atoms with Crippen molar-refractivity contribution in [3.63, 3.8) is 0 Å². The number of H-pyrrole nitrogens is 1. The number of halogens is 2. The zero-order valence-electron chi connectivity index (χ0n) is 8.30. The van der Waals surface area contributed by atoms with Crippen LogP contribution in [-0.2, 0) is 0 Å². The molecule has 2 aromatic rings. The van der Waals surface area contributed by atoms with Crippen LogP contribution in [0.1, 0.15) is 0 Å². The van der Waals surface area contributed by atoms with Crippen molar-refractivity contribution in [2.24, 2.45) is 0 Å². The van der Waals surface area contributed by atoms with E-state index in [1.54, 1.807) is 18.2 Å². The predicted molar refractivity (Wildman–Crippen MR) is 71.2 cm³/mol. The summed E-state index contributed by atoms with van der Waals surface area (Å²) >= 11 is 2.88. The molecule has 0 spiro atoms. The molecule has 1 atom stereocenters. The molecule has 0 amide bonds. The van der Waals surface area contributed by atoms with Crippen LogP contribution in [0.5, 0.6) is 0 Å². The van der Waals surface area contributed by atoms with Gasteiger partial charge in [-0.3, -0.25) is 0 Å². The lowest BCUT2D eigenvalue weighted by Gasteiger charge is -2.08. The molecule has 1 aromatic heterocycles. The summed E-state index contributed by atoms with van der Waals surface area (Å²) in [5, 5.41) is 7.71. The number of alkyl halides is 1. The number of tetrazole rings is 1. The van der Waals surface area contributed by atoms with Gasteiger partial charge in [-0.2, -0.15) is 4.68 Å². The minimum Gasteiger partial charge on any atom is -0.247 e. The molecule has 1 N–H and O–H groups in total. The Morgan fingerprint density at radius 2 is 2.35 bits per heavy atom. The number of aromatic amines is 1. The highest BCUT2D eigenvalue weighted by molar-refractivity contribution is 14.1. The molecule has 0 bridgehead atoms. The van der Waals surface area contributed by atoms with Gasteiger partial charge in [-0.25, -0.2) is 14.3 Å². The van der Waals surface area contributed by atoms with E-state index in [1.807, 2.05) is 22.6 Å². The Balaban J connectivity index is 2.50. The van der Waals surface area contributed by atoms with E-state index in [1.165, 1.54) is 0 Å². The normalized spacial score (nSPS) is 12.6. The molecule has 86 valence electrons. The van der Waals surface area contributed by atoms with E-state index < -0.39 is 11.1 Å². The van der Waals surface area contributed by atoms with E-state index in [-0.39, 0.29) is 0 Å². The highest BCUT2D eigenvalue weighted by Crippen LogP contribution is 2.30. The average molecular weight is 362 g/mol. The molecule has 1 aromatic carbocycles. The number of aromatic nitrogens is 4. The summed E-state index contributed by atoms with van der Waals surface area (Å²) in [6.45, 7) is 0. The zero-order chi connectivity index (χ0) is 12.4. The quantitative estimate of drug-likeness (QED) is 0.504. The first kappa shape index (κ1) is 12.6. The predicted octanol–water partition coefficient (Wildman–Crippen LogP) is 1.07. The molecule has 0 saturated carbocycles. The minimum atomic E-state index is -1.51. The van der Waals surface area contributed by atoms with Crippen LogP contribution in [-0.4, -0.2) is 33.5 Å². The fraction of sp³-hybridized carbons (Fsp3) is 0.125. The third-order valence-corrected chi connectivity index (χ3v) is 4.20. The van der Waals surface area contributed by atoms with Gasteiger partial charge >= 0.3 is 5.69 Å². The molecule has 17 heavy (non-hydrogen) atoms. The van der Waals surface area contributed by atoms with Crippen LogP contribution in [0.15, 0.2) is 27.9 Å². The van der Waals surface area contributed by atoms with Crippen LogP contribution < -0.4 is 5.69 Å². The number of nitrogens with one attached hydrogen (secondary N) is 1. The van der Waals surface area contributed by atoms with E-state index >= 15 is 0 Å². The lowest BCUT2D eigenvalue weighted by atomic mass is 10.2. The first-order chi connectivity index (χ1) is 8.09. The van der Waals surface area contributed by atoms with Crippen molar-refractivity contribution in [1.82, 2.24) is 20.2 Å². The standard InChI is InChI=1S/C8H5BFIN4OS/c9-7(10)17-5-3-1-2-4(6(5)11)15-8(16)12-13-14-15/h1-3,7H,(H,12,14,16). The minimum absolute atomic E-state index is 0.449. The van der Waals surface area contributed by atoms with Crippen LogP contribution in [0.25, 0.3) is 5.69 Å². The number of hydrogen-bond acceptors (Lipinski definition) is 4.